The molecule has 4 nitrogen and oxygen atoms in total. The van der Waals surface area contributed by atoms with Crippen LogP contribution in [0.15, 0.2) is 36.4 Å². The van der Waals surface area contributed by atoms with Gasteiger partial charge in [-0.25, -0.2) is 8.78 Å². The zero-order chi connectivity index (χ0) is 17.9. The third kappa shape index (κ3) is 3.61. The van der Waals surface area contributed by atoms with Crippen LogP contribution in [0.3, 0.4) is 0 Å². The van der Waals surface area contributed by atoms with E-state index in [2.05, 4.69) is 5.32 Å². The van der Waals surface area contributed by atoms with E-state index in [1.54, 1.807) is 11.0 Å². The Balaban J connectivity index is 2.21. The average Bonchev–Trinajstić information content (AvgIpc) is 2.64. The van der Waals surface area contributed by atoms with Gasteiger partial charge in [-0.05, 0) is 23.8 Å². The van der Waals surface area contributed by atoms with Crippen LogP contribution >= 0.6 is 0 Å². The Hall–Kier alpha value is -1.76. The molecule has 136 valence electrons. The van der Waals surface area contributed by atoms with Gasteiger partial charge in [-0.2, -0.15) is 0 Å². The van der Waals surface area contributed by atoms with E-state index in [0.29, 0.717) is 44.1 Å². The van der Waals surface area contributed by atoms with Crippen LogP contribution in [-0.2, 0) is 0 Å². The van der Waals surface area contributed by atoms with E-state index < -0.39 is 18.6 Å². The highest BCUT2D eigenvalue weighted by atomic mass is 19.3. The van der Waals surface area contributed by atoms with Gasteiger partial charge in [-0.3, -0.25) is 4.90 Å². The van der Waals surface area contributed by atoms with Crippen molar-refractivity contribution in [2.75, 3.05) is 39.4 Å². The van der Waals surface area contributed by atoms with Gasteiger partial charge in [0.05, 0.1) is 6.61 Å². The van der Waals surface area contributed by atoms with E-state index in [4.69, 9.17) is 4.74 Å². The molecule has 2 aromatic rings. The van der Waals surface area contributed by atoms with Crippen LogP contribution in [0.4, 0.5) is 8.78 Å². The van der Waals surface area contributed by atoms with Gasteiger partial charge in [0.25, 0.3) is 5.92 Å². The predicted molar refractivity (Wildman–Crippen MR) is 94.3 cm³/mol. The summed E-state index contributed by atoms with van der Waals surface area (Å²) in [5, 5.41) is 14.2. The zero-order valence-electron chi connectivity index (χ0n) is 14.3. The Kier molecular flexibility index (Phi) is 5.51. The number of nitrogens with one attached hydrogen (secondary N) is 1. The Labute approximate surface area is 146 Å². The van der Waals surface area contributed by atoms with Crippen molar-refractivity contribution in [1.82, 2.24) is 10.2 Å². The first-order valence-corrected chi connectivity index (χ1v) is 8.66. The quantitative estimate of drug-likeness (QED) is 0.841. The molecule has 1 heterocycles. The highest BCUT2D eigenvalue weighted by Crippen LogP contribution is 2.44. The van der Waals surface area contributed by atoms with Gasteiger partial charge in [0, 0.05) is 31.7 Å². The first kappa shape index (κ1) is 18.0. The van der Waals surface area contributed by atoms with Crippen molar-refractivity contribution in [3.05, 3.63) is 42.0 Å². The molecular weight excluding hydrogens is 326 g/mol. The maximum Gasteiger partial charge on any atom is 0.290 e. The first-order valence-electron chi connectivity index (χ1n) is 8.66. The number of fused-ring (bicyclic) bond motifs is 1. The number of rotatable bonds is 6. The lowest BCUT2D eigenvalue weighted by molar-refractivity contribution is -0.118. The van der Waals surface area contributed by atoms with Crippen LogP contribution in [0, 0.1) is 0 Å². The van der Waals surface area contributed by atoms with Crippen LogP contribution in [0.2, 0.25) is 0 Å². The molecule has 0 aliphatic carbocycles. The van der Waals surface area contributed by atoms with E-state index in [-0.39, 0.29) is 0 Å². The standard InChI is InChI=1S/C19H24F2N2O2/c1-2-25-16-8-7-14-5-3-4-6-15(14)17(16)18(19(20,21)13-24)23-11-9-22-10-12-23/h3-8,18,22,24H,2,9-13H2,1H3/t18-/m1/s1. The van der Waals surface area contributed by atoms with Gasteiger partial charge < -0.3 is 15.2 Å². The van der Waals surface area contributed by atoms with Crippen molar-refractivity contribution in [1.29, 1.82) is 0 Å². The summed E-state index contributed by atoms with van der Waals surface area (Å²) in [6.45, 7) is 3.31. The minimum absolute atomic E-state index is 0.393. The summed E-state index contributed by atoms with van der Waals surface area (Å²) < 4.78 is 35.4. The molecule has 3 rings (SSSR count). The third-order valence-corrected chi connectivity index (χ3v) is 4.63. The molecule has 0 amide bonds. The summed E-state index contributed by atoms with van der Waals surface area (Å²) in [6.07, 6.45) is 0. The van der Waals surface area contributed by atoms with Crippen LogP contribution in [0.5, 0.6) is 5.75 Å². The van der Waals surface area contributed by atoms with Gasteiger partial charge in [0.2, 0.25) is 0 Å². The lowest BCUT2D eigenvalue weighted by Crippen LogP contribution is -2.51. The number of benzene rings is 2. The molecule has 0 aromatic heterocycles. The monoisotopic (exact) mass is 350 g/mol. The molecule has 1 aliphatic rings. The molecule has 0 unspecified atom stereocenters. The van der Waals surface area contributed by atoms with Gasteiger partial charge in [0.1, 0.15) is 18.4 Å². The summed E-state index contributed by atoms with van der Waals surface area (Å²) >= 11 is 0. The second kappa shape index (κ2) is 7.64. The van der Waals surface area contributed by atoms with E-state index in [0.717, 1.165) is 10.8 Å². The van der Waals surface area contributed by atoms with Gasteiger partial charge in [0.15, 0.2) is 0 Å². The summed E-state index contributed by atoms with van der Waals surface area (Å²) in [6, 6.07) is 9.88. The largest absolute Gasteiger partial charge is 0.494 e. The number of aliphatic hydroxyl groups is 1. The minimum atomic E-state index is -3.27. The molecule has 0 saturated carbocycles. The second-order valence-electron chi connectivity index (χ2n) is 6.24. The normalized spacial score (nSPS) is 17.6. The van der Waals surface area contributed by atoms with Crippen LogP contribution in [0.25, 0.3) is 10.8 Å². The third-order valence-electron chi connectivity index (χ3n) is 4.63. The number of halogens is 2. The van der Waals surface area contributed by atoms with Crippen molar-refractivity contribution < 1.29 is 18.6 Å². The minimum Gasteiger partial charge on any atom is -0.494 e. The Bertz CT molecular complexity index is 718. The second-order valence-corrected chi connectivity index (χ2v) is 6.24. The van der Waals surface area contributed by atoms with Crippen molar-refractivity contribution >= 4 is 10.8 Å². The predicted octanol–water partition coefficient (Wildman–Crippen LogP) is 2.81. The fourth-order valence-electron chi connectivity index (χ4n) is 3.53. The lowest BCUT2D eigenvalue weighted by atomic mass is 9.92. The fourth-order valence-corrected chi connectivity index (χ4v) is 3.53. The number of hydrogen-bond donors (Lipinski definition) is 2. The Morgan fingerprint density at radius 1 is 1.20 bits per heavy atom. The topological polar surface area (TPSA) is 44.7 Å². The summed E-state index contributed by atoms with van der Waals surface area (Å²) in [4.78, 5) is 1.75. The van der Waals surface area contributed by atoms with Gasteiger partial charge >= 0.3 is 0 Å². The van der Waals surface area contributed by atoms with E-state index in [1.165, 1.54) is 0 Å². The van der Waals surface area contributed by atoms with Gasteiger partial charge in [-0.15, -0.1) is 0 Å². The van der Waals surface area contributed by atoms with Crippen molar-refractivity contribution in [2.45, 2.75) is 18.9 Å². The van der Waals surface area contributed by atoms with Crippen LogP contribution in [0.1, 0.15) is 18.5 Å². The summed E-state index contributed by atoms with van der Waals surface area (Å²) in [7, 11) is 0. The first-order chi connectivity index (χ1) is 12.1. The smallest absolute Gasteiger partial charge is 0.290 e. The number of aliphatic hydroxyl groups excluding tert-OH is 1. The van der Waals surface area contributed by atoms with Crippen LogP contribution < -0.4 is 10.1 Å². The van der Waals surface area contributed by atoms with Crippen molar-refractivity contribution in [3.63, 3.8) is 0 Å². The highest BCUT2D eigenvalue weighted by molar-refractivity contribution is 5.88. The zero-order valence-corrected chi connectivity index (χ0v) is 14.3. The average molecular weight is 350 g/mol. The highest BCUT2D eigenvalue weighted by Gasteiger charge is 2.46. The number of alkyl halides is 2. The lowest BCUT2D eigenvalue weighted by Gasteiger charge is -2.39. The van der Waals surface area contributed by atoms with Crippen molar-refractivity contribution in [3.8, 4) is 5.75 Å². The summed E-state index contributed by atoms with van der Waals surface area (Å²) in [5.41, 5.74) is 0.459. The van der Waals surface area contributed by atoms with Crippen LogP contribution in [-0.4, -0.2) is 55.3 Å². The number of nitrogens with zero attached hydrogens (tertiary/aromatic N) is 1. The van der Waals surface area contributed by atoms with E-state index in [9.17, 15) is 13.9 Å². The number of ether oxygens (including phenoxy) is 1. The molecule has 1 atom stereocenters. The van der Waals surface area contributed by atoms with E-state index in [1.807, 2.05) is 37.3 Å². The SMILES string of the molecule is CCOc1ccc2ccccc2c1[C@@H](N1CCNCC1)C(F)(F)CO. The molecule has 2 aromatic carbocycles. The molecule has 0 spiro atoms. The Morgan fingerprint density at radius 2 is 1.92 bits per heavy atom. The fraction of sp³-hybridized carbons (Fsp3) is 0.474. The number of piperazine rings is 1. The molecular formula is C19H24F2N2O2. The molecule has 1 aliphatic heterocycles. The molecule has 25 heavy (non-hydrogen) atoms. The van der Waals surface area contributed by atoms with Gasteiger partial charge in [-0.1, -0.05) is 30.3 Å². The molecule has 1 saturated heterocycles. The molecule has 2 N–H and O–H groups in total. The maximum atomic E-state index is 14.9. The van der Waals surface area contributed by atoms with E-state index >= 15 is 0 Å². The van der Waals surface area contributed by atoms with Crippen molar-refractivity contribution in [2.24, 2.45) is 0 Å². The molecule has 0 radical (unpaired) electrons. The molecule has 1 fully saturated rings. The molecule has 0 bridgehead atoms. The number of hydrogen-bond acceptors (Lipinski definition) is 4. The molecule has 6 heteroatoms. The summed E-state index contributed by atoms with van der Waals surface area (Å²) in [5.74, 6) is -2.81. The Morgan fingerprint density at radius 3 is 2.60 bits per heavy atom. The maximum absolute atomic E-state index is 14.9.